The quantitative estimate of drug-likeness (QED) is 0.549. The number of nitrogens with zero attached hydrogens (tertiary/aromatic N) is 3. The number of aromatic nitrogens is 2. The molecule has 0 spiro atoms. The number of amides is 1. The van der Waals surface area contributed by atoms with Crippen molar-refractivity contribution in [3.05, 3.63) is 33.6 Å². The van der Waals surface area contributed by atoms with E-state index >= 15 is 0 Å². The lowest BCUT2D eigenvalue weighted by Crippen LogP contribution is -2.45. The van der Waals surface area contributed by atoms with E-state index in [2.05, 4.69) is 16.4 Å². The van der Waals surface area contributed by atoms with Crippen molar-refractivity contribution < 1.29 is 9.90 Å². The molecule has 0 bridgehead atoms. The number of thioether (sulfide) groups is 1. The van der Waals surface area contributed by atoms with Gasteiger partial charge in [-0.1, -0.05) is 23.4 Å². The van der Waals surface area contributed by atoms with Crippen molar-refractivity contribution in [3.63, 3.8) is 0 Å². The molecule has 2 N–H and O–H groups in total. The van der Waals surface area contributed by atoms with Crippen LogP contribution in [0, 0.1) is 11.3 Å². The number of benzene rings is 1. The zero-order chi connectivity index (χ0) is 20.3. The molecular formula is C19H21ClN4O3S. The first-order valence-corrected chi connectivity index (χ1v) is 10.4. The average Bonchev–Trinajstić information content (AvgIpc) is 3.11. The van der Waals surface area contributed by atoms with E-state index in [-0.39, 0.29) is 23.8 Å². The van der Waals surface area contributed by atoms with E-state index in [1.165, 1.54) is 4.57 Å². The van der Waals surface area contributed by atoms with Gasteiger partial charge in [-0.15, -0.1) is 0 Å². The van der Waals surface area contributed by atoms with Crippen LogP contribution in [0.4, 0.5) is 0 Å². The van der Waals surface area contributed by atoms with Crippen LogP contribution in [0.1, 0.15) is 32.6 Å². The number of hydrogen-bond donors (Lipinski definition) is 2. The number of rotatable bonds is 6. The molecule has 0 saturated heterocycles. The second-order valence-corrected chi connectivity index (χ2v) is 8.44. The third kappa shape index (κ3) is 4.49. The third-order valence-electron chi connectivity index (χ3n) is 4.71. The Hall–Kier alpha value is -2.08. The lowest BCUT2D eigenvalue weighted by atomic mass is 10.0. The van der Waals surface area contributed by atoms with E-state index < -0.39 is 11.6 Å². The molecule has 0 aliphatic heterocycles. The summed E-state index contributed by atoms with van der Waals surface area (Å²) in [7, 11) is 0. The van der Waals surface area contributed by atoms with Crippen molar-refractivity contribution in [1.29, 1.82) is 5.26 Å². The Balaban J connectivity index is 1.85. The highest BCUT2D eigenvalue weighted by Gasteiger charge is 2.35. The Kier molecular flexibility index (Phi) is 6.28. The third-order valence-corrected chi connectivity index (χ3v) is 5.92. The van der Waals surface area contributed by atoms with E-state index in [9.17, 15) is 20.0 Å². The van der Waals surface area contributed by atoms with Crippen LogP contribution in [0.3, 0.4) is 0 Å². The monoisotopic (exact) mass is 420 g/mol. The molecular weight excluding hydrogens is 400 g/mol. The van der Waals surface area contributed by atoms with Crippen molar-refractivity contribution in [2.75, 3.05) is 5.75 Å². The highest BCUT2D eigenvalue weighted by molar-refractivity contribution is 7.99. The Morgan fingerprint density at radius 1 is 1.50 bits per heavy atom. The summed E-state index contributed by atoms with van der Waals surface area (Å²) < 4.78 is 1.37. The van der Waals surface area contributed by atoms with Crippen LogP contribution in [0.15, 0.2) is 28.2 Å². The molecule has 148 valence electrons. The zero-order valence-corrected chi connectivity index (χ0v) is 17.0. The Bertz CT molecular complexity index is 993. The normalized spacial score (nSPS) is 16.6. The topological polar surface area (TPSA) is 108 Å². The van der Waals surface area contributed by atoms with E-state index in [0.29, 0.717) is 33.9 Å². The highest BCUT2D eigenvalue weighted by Crippen LogP contribution is 2.29. The minimum atomic E-state index is -0.790. The molecule has 1 aliphatic rings. The van der Waals surface area contributed by atoms with Crippen molar-refractivity contribution in [1.82, 2.24) is 14.9 Å². The van der Waals surface area contributed by atoms with Gasteiger partial charge in [-0.25, -0.2) is 4.98 Å². The number of nitriles is 1. The molecule has 28 heavy (non-hydrogen) atoms. The van der Waals surface area contributed by atoms with Gasteiger partial charge < -0.3 is 10.4 Å². The van der Waals surface area contributed by atoms with Gasteiger partial charge in [0.15, 0.2) is 5.16 Å². The fraction of sp³-hybridized carbons (Fsp3) is 0.474. The van der Waals surface area contributed by atoms with Gasteiger partial charge in [-0.3, -0.25) is 14.2 Å². The molecule has 1 saturated carbocycles. The number of carbonyl (C=O) groups excluding carboxylic acids is 1. The summed E-state index contributed by atoms with van der Waals surface area (Å²) in [5.74, 6) is -0.264. The maximum absolute atomic E-state index is 12.8. The number of halogens is 1. The first kappa shape index (κ1) is 20.6. The molecule has 1 heterocycles. The molecule has 0 radical (unpaired) electrons. The molecule has 1 amide bonds. The van der Waals surface area contributed by atoms with Crippen molar-refractivity contribution in [2.45, 2.75) is 56.0 Å². The largest absolute Gasteiger partial charge is 0.392 e. The van der Waals surface area contributed by atoms with Gasteiger partial charge in [0.05, 0.1) is 35.4 Å². The predicted octanol–water partition coefficient (Wildman–Crippen LogP) is 2.48. The van der Waals surface area contributed by atoms with Gasteiger partial charge in [0, 0.05) is 5.02 Å². The molecule has 0 unspecified atom stereocenters. The van der Waals surface area contributed by atoms with E-state index in [4.69, 9.17) is 11.6 Å². The van der Waals surface area contributed by atoms with Crippen LogP contribution in [0.25, 0.3) is 10.9 Å². The fourth-order valence-corrected chi connectivity index (χ4v) is 4.36. The van der Waals surface area contributed by atoms with Crippen LogP contribution in [0.2, 0.25) is 5.02 Å². The Morgan fingerprint density at radius 3 is 2.86 bits per heavy atom. The maximum atomic E-state index is 12.8. The van der Waals surface area contributed by atoms with Crippen LogP contribution >= 0.6 is 23.4 Å². The Morgan fingerprint density at radius 2 is 2.21 bits per heavy atom. The molecule has 1 aliphatic carbocycles. The number of carbonyl (C=O) groups is 1. The van der Waals surface area contributed by atoms with Crippen LogP contribution in [-0.2, 0) is 11.3 Å². The number of aliphatic hydroxyl groups excluding tert-OH is 1. The zero-order valence-electron chi connectivity index (χ0n) is 15.4. The van der Waals surface area contributed by atoms with Crippen LogP contribution < -0.4 is 10.9 Å². The smallest absolute Gasteiger partial charge is 0.262 e. The molecule has 1 aromatic carbocycles. The standard InChI is InChI=1S/C19H21ClN4O3S/c1-12(25)9-24-17(27)14-5-4-13(20)8-15(14)22-18(24)28-10-16(26)23-19(11-21)6-2-3-7-19/h4-5,8,12,25H,2-3,6-7,9-10H2,1H3,(H,23,26)/t12-/m0/s1. The lowest BCUT2D eigenvalue weighted by molar-refractivity contribution is -0.119. The maximum Gasteiger partial charge on any atom is 0.262 e. The molecule has 9 heteroatoms. The van der Waals surface area contributed by atoms with Gasteiger partial charge in [0.2, 0.25) is 5.91 Å². The average molecular weight is 421 g/mol. The molecule has 2 aromatic rings. The fourth-order valence-electron chi connectivity index (χ4n) is 3.39. The summed E-state index contributed by atoms with van der Waals surface area (Å²) in [4.78, 5) is 29.7. The van der Waals surface area contributed by atoms with Crippen molar-refractivity contribution >= 4 is 40.2 Å². The lowest BCUT2D eigenvalue weighted by Gasteiger charge is -2.22. The SMILES string of the molecule is C[C@H](O)Cn1c(SCC(=O)NC2(C#N)CCCC2)nc2cc(Cl)ccc2c1=O. The minimum absolute atomic E-state index is 0.0156. The van der Waals surface area contributed by atoms with E-state index in [1.807, 2.05) is 0 Å². The molecule has 3 rings (SSSR count). The van der Waals surface area contributed by atoms with Gasteiger partial charge in [0.25, 0.3) is 5.56 Å². The molecule has 1 fully saturated rings. The van der Waals surface area contributed by atoms with E-state index in [1.54, 1.807) is 25.1 Å². The van der Waals surface area contributed by atoms with Gasteiger partial charge in [-0.05, 0) is 50.8 Å². The number of hydrogen-bond acceptors (Lipinski definition) is 6. The summed E-state index contributed by atoms with van der Waals surface area (Å²) in [6.45, 7) is 1.65. The summed E-state index contributed by atoms with van der Waals surface area (Å²) in [5.41, 5.74) is -0.650. The number of nitrogens with one attached hydrogen (secondary N) is 1. The second kappa shape index (κ2) is 8.52. The number of aliphatic hydroxyl groups is 1. The van der Waals surface area contributed by atoms with Gasteiger partial charge >= 0.3 is 0 Å². The second-order valence-electron chi connectivity index (χ2n) is 7.06. The summed E-state index contributed by atoms with van der Waals surface area (Å²) >= 11 is 7.11. The van der Waals surface area contributed by atoms with Gasteiger partial charge in [-0.2, -0.15) is 5.26 Å². The summed E-state index contributed by atoms with van der Waals surface area (Å²) in [5, 5.41) is 23.2. The molecule has 1 atom stereocenters. The highest BCUT2D eigenvalue weighted by atomic mass is 35.5. The first-order valence-electron chi connectivity index (χ1n) is 9.07. The number of fused-ring (bicyclic) bond motifs is 1. The summed E-state index contributed by atoms with van der Waals surface area (Å²) in [6, 6.07) is 7.03. The van der Waals surface area contributed by atoms with Crippen LogP contribution in [0.5, 0.6) is 0 Å². The van der Waals surface area contributed by atoms with Crippen molar-refractivity contribution in [3.8, 4) is 6.07 Å². The van der Waals surface area contributed by atoms with Gasteiger partial charge in [0.1, 0.15) is 5.54 Å². The Labute approximate surface area is 171 Å². The first-order chi connectivity index (χ1) is 13.3. The van der Waals surface area contributed by atoms with Crippen molar-refractivity contribution in [2.24, 2.45) is 0 Å². The minimum Gasteiger partial charge on any atom is -0.392 e. The van der Waals surface area contributed by atoms with Crippen LogP contribution in [-0.4, -0.2) is 38.0 Å². The summed E-state index contributed by atoms with van der Waals surface area (Å²) in [6.07, 6.45) is 2.39. The predicted molar refractivity (Wildman–Crippen MR) is 108 cm³/mol. The molecule has 1 aromatic heterocycles. The molecule has 7 nitrogen and oxygen atoms in total. The van der Waals surface area contributed by atoms with E-state index in [0.717, 1.165) is 24.6 Å².